The highest BCUT2D eigenvalue weighted by Crippen LogP contribution is 2.15. The quantitative estimate of drug-likeness (QED) is 0.799. The molecule has 1 fully saturated rings. The van der Waals surface area contributed by atoms with Crippen molar-refractivity contribution >= 4 is 17.0 Å². The van der Waals surface area contributed by atoms with Gasteiger partial charge in [0.2, 0.25) is 5.95 Å². The van der Waals surface area contributed by atoms with Crippen LogP contribution in [0, 0.1) is 5.82 Å². The highest BCUT2D eigenvalue weighted by molar-refractivity contribution is 5.74. The molecule has 1 aliphatic heterocycles. The molecule has 118 valence electrons. The molecule has 0 amide bonds. The third kappa shape index (κ3) is 3.00. The molecule has 0 aliphatic carbocycles. The van der Waals surface area contributed by atoms with Gasteiger partial charge in [-0.3, -0.25) is 4.90 Å². The Morgan fingerprint density at radius 2 is 1.87 bits per heavy atom. The van der Waals surface area contributed by atoms with E-state index in [0.29, 0.717) is 0 Å². The van der Waals surface area contributed by atoms with Crippen molar-refractivity contribution in [2.75, 3.05) is 31.1 Å². The largest absolute Gasteiger partial charge is 0.341 e. The lowest BCUT2D eigenvalue weighted by Gasteiger charge is -2.34. The van der Waals surface area contributed by atoms with Gasteiger partial charge in [0.15, 0.2) is 0 Å². The summed E-state index contributed by atoms with van der Waals surface area (Å²) in [5.74, 6) is 1.41. The zero-order valence-corrected chi connectivity index (χ0v) is 12.6. The first-order valence-electron chi connectivity index (χ1n) is 7.66. The van der Waals surface area contributed by atoms with E-state index in [1.807, 2.05) is 6.07 Å². The lowest BCUT2D eigenvalue weighted by atomic mass is 10.3. The van der Waals surface area contributed by atoms with Crippen LogP contribution in [0.2, 0.25) is 0 Å². The minimum atomic E-state index is -0.246. The normalized spacial score (nSPS) is 16.1. The highest BCUT2D eigenvalue weighted by Gasteiger charge is 2.19. The lowest BCUT2D eigenvalue weighted by Crippen LogP contribution is -2.46. The fourth-order valence-corrected chi connectivity index (χ4v) is 2.88. The molecule has 0 atom stereocenters. The van der Waals surface area contributed by atoms with Gasteiger partial charge in [0, 0.05) is 38.6 Å². The van der Waals surface area contributed by atoms with E-state index < -0.39 is 0 Å². The van der Waals surface area contributed by atoms with Gasteiger partial charge in [-0.05, 0) is 24.3 Å². The molecule has 7 heteroatoms. The fourth-order valence-electron chi connectivity index (χ4n) is 2.88. The van der Waals surface area contributed by atoms with Crippen LogP contribution in [0.15, 0.2) is 36.7 Å². The number of imidazole rings is 1. The first kappa shape index (κ1) is 14.1. The summed E-state index contributed by atoms with van der Waals surface area (Å²) < 4.78 is 13.2. The van der Waals surface area contributed by atoms with E-state index in [1.54, 1.807) is 18.5 Å². The summed E-state index contributed by atoms with van der Waals surface area (Å²) in [5, 5.41) is 0. The number of halogens is 1. The number of aromatic amines is 1. The Bertz CT molecular complexity index is 795. The number of hydrogen-bond donors (Lipinski definition) is 1. The standard InChI is InChI=1S/C16H17FN6/c17-12-2-3-13-14(10-12)21-15(20-13)11-22-6-8-23(9-7-22)16-18-4-1-5-19-16/h1-5,10H,6-9,11H2,(H,20,21). The van der Waals surface area contributed by atoms with Crippen LogP contribution in [0.5, 0.6) is 0 Å². The summed E-state index contributed by atoms with van der Waals surface area (Å²) >= 11 is 0. The molecule has 3 aromatic rings. The minimum Gasteiger partial charge on any atom is -0.341 e. The van der Waals surface area contributed by atoms with Gasteiger partial charge < -0.3 is 9.88 Å². The molecule has 0 unspecified atom stereocenters. The maximum Gasteiger partial charge on any atom is 0.225 e. The molecule has 0 radical (unpaired) electrons. The molecule has 0 saturated carbocycles. The van der Waals surface area contributed by atoms with Crippen molar-refractivity contribution in [2.45, 2.75) is 6.54 Å². The molecule has 0 spiro atoms. The van der Waals surface area contributed by atoms with E-state index in [0.717, 1.165) is 55.5 Å². The van der Waals surface area contributed by atoms with Crippen LogP contribution in [0.25, 0.3) is 11.0 Å². The predicted molar refractivity (Wildman–Crippen MR) is 85.6 cm³/mol. The van der Waals surface area contributed by atoms with Gasteiger partial charge >= 0.3 is 0 Å². The van der Waals surface area contributed by atoms with Gasteiger partial charge in [0.1, 0.15) is 11.6 Å². The van der Waals surface area contributed by atoms with E-state index in [1.165, 1.54) is 12.1 Å². The molecular weight excluding hydrogens is 295 g/mol. The number of aromatic nitrogens is 4. The molecule has 1 aliphatic rings. The zero-order valence-electron chi connectivity index (χ0n) is 12.6. The van der Waals surface area contributed by atoms with Gasteiger partial charge in [-0.25, -0.2) is 19.3 Å². The summed E-state index contributed by atoms with van der Waals surface area (Å²) in [6.45, 7) is 4.35. The Labute approximate surface area is 133 Å². The number of H-pyrrole nitrogens is 1. The summed E-state index contributed by atoms with van der Waals surface area (Å²) in [4.78, 5) is 20.8. The maximum absolute atomic E-state index is 13.2. The van der Waals surface area contributed by atoms with E-state index >= 15 is 0 Å². The molecule has 0 bridgehead atoms. The second-order valence-electron chi connectivity index (χ2n) is 5.66. The summed E-state index contributed by atoms with van der Waals surface area (Å²) in [5.41, 5.74) is 1.55. The van der Waals surface area contributed by atoms with Gasteiger partial charge in [-0.2, -0.15) is 0 Å². The van der Waals surface area contributed by atoms with Crippen molar-refractivity contribution in [1.29, 1.82) is 0 Å². The monoisotopic (exact) mass is 312 g/mol. The minimum absolute atomic E-state index is 0.246. The Morgan fingerprint density at radius 1 is 1.09 bits per heavy atom. The first-order chi connectivity index (χ1) is 11.3. The zero-order chi connectivity index (χ0) is 15.6. The highest BCUT2D eigenvalue weighted by atomic mass is 19.1. The number of rotatable bonds is 3. The summed E-state index contributed by atoms with van der Waals surface area (Å²) in [6, 6.07) is 6.45. The van der Waals surface area contributed by atoms with Gasteiger partial charge in [-0.15, -0.1) is 0 Å². The van der Waals surface area contributed by atoms with Crippen LogP contribution in [-0.4, -0.2) is 51.0 Å². The molecular formula is C16H17FN6. The molecule has 1 aromatic carbocycles. The second kappa shape index (κ2) is 5.92. The van der Waals surface area contributed by atoms with Gasteiger partial charge in [-0.1, -0.05) is 0 Å². The Kier molecular flexibility index (Phi) is 3.63. The smallest absolute Gasteiger partial charge is 0.225 e. The molecule has 4 rings (SSSR count). The van der Waals surface area contributed by atoms with Crippen molar-refractivity contribution < 1.29 is 4.39 Å². The third-order valence-corrected chi connectivity index (χ3v) is 4.07. The molecule has 1 saturated heterocycles. The van der Waals surface area contributed by atoms with Crippen LogP contribution in [0.3, 0.4) is 0 Å². The van der Waals surface area contributed by atoms with E-state index in [-0.39, 0.29) is 5.82 Å². The molecule has 2 aromatic heterocycles. The van der Waals surface area contributed by atoms with Crippen LogP contribution in [0.4, 0.5) is 10.3 Å². The first-order valence-corrected chi connectivity index (χ1v) is 7.66. The molecule has 3 heterocycles. The Morgan fingerprint density at radius 3 is 2.65 bits per heavy atom. The van der Waals surface area contributed by atoms with Crippen molar-refractivity contribution in [3.8, 4) is 0 Å². The molecule has 23 heavy (non-hydrogen) atoms. The van der Waals surface area contributed by atoms with Crippen LogP contribution < -0.4 is 4.90 Å². The SMILES string of the molecule is Fc1ccc2nc(CN3CCN(c4ncccn4)CC3)[nH]c2c1. The average Bonchev–Trinajstić information content (AvgIpc) is 2.97. The van der Waals surface area contributed by atoms with Gasteiger partial charge in [0.25, 0.3) is 0 Å². The number of nitrogens with zero attached hydrogens (tertiary/aromatic N) is 5. The lowest BCUT2D eigenvalue weighted by molar-refractivity contribution is 0.244. The second-order valence-corrected chi connectivity index (χ2v) is 5.66. The summed E-state index contributed by atoms with van der Waals surface area (Å²) in [7, 11) is 0. The van der Waals surface area contributed by atoms with Crippen molar-refractivity contribution in [3.63, 3.8) is 0 Å². The van der Waals surface area contributed by atoms with Crippen molar-refractivity contribution in [3.05, 3.63) is 48.3 Å². The predicted octanol–water partition coefficient (Wildman–Crippen LogP) is 1.81. The van der Waals surface area contributed by atoms with Crippen molar-refractivity contribution in [1.82, 2.24) is 24.8 Å². The summed E-state index contributed by atoms with van der Waals surface area (Å²) in [6.07, 6.45) is 3.53. The fraction of sp³-hybridized carbons (Fsp3) is 0.312. The number of nitrogens with one attached hydrogen (secondary N) is 1. The van der Waals surface area contributed by atoms with Crippen molar-refractivity contribution in [2.24, 2.45) is 0 Å². The number of fused-ring (bicyclic) bond motifs is 1. The van der Waals surface area contributed by atoms with Crippen LogP contribution in [-0.2, 0) is 6.54 Å². The van der Waals surface area contributed by atoms with Crippen LogP contribution >= 0.6 is 0 Å². The topological polar surface area (TPSA) is 60.9 Å². The average molecular weight is 312 g/mol. The number of anilines is 1. The molecule has 1 N–H and O–H groups in total. The van der Waals surface area contributed by atoms with E-state index in [2.05, 4.69) is 29.7 Å². The number of benzene rings is 1. The number of piperazine rings is 1. The Hall–Kier alpha value is -2.54. The molecule has 6 nitrogen and oxygen atoms in total. The van der Waals surface area contributed by atoms with E-state index in [4.69, 9.17) is 0 Å². The number of hydrogen-bond acceptors (Lipinski definition) is 5. The third-order valence-electron chi connectivity index (χ3n) is 4.07. The van der Waals surface area contributed by atoms with E-state index in [9.17, 15) is 4.39 Å². The van der Waals surface area contributed by atoms with Gasteiger partial charge in [0.05, 0.1) is 17.6 Å². The van der Waals surface area contributed by atoms with Crippen LogP contribution in [0.1, 0.15) is 5.82 Å². The maximum atomic E-state index is 13.2. The Balaban J connectivity index is 1.40.